The summed E-state index contributed by atoms with van der Waals surface area (Å²) in [6.07, 6.45) is 1.22. The van der Waals surface area contributed by atoms with Crippen LogP contribution < -0.4 is 10.1 Å². The minimum Gasteiger partial charge on any atom is -0.497 e. The average molecular weight is 308 g/mol. The number of sulfone groups is 1. The first-order valence-electron chi connectivity index (χ1n) is 4.67. The highest BCUT2D eigenvalue weighted by Gasteiger charge is 2.04. The van der Waals surface area contributed by atoms with E-state index in [1.807, 2.05) is 18.2 Å². The molecular weight excluding hydrogens is 294 g/mol. The Morgan fingerprint density at radius 1 is 1.44 bits per heavy atom. The molecule has 1 aromatic rings. The van der Waals surface area contributed by atoms with Gasteiger partial charge in [0.2, 0.25) is 0 Å². The molecule has 0 spiro atoms. The Balaban J connectivity index is 2.66. The van der Waals surface area contributed by atoms with E-state index in [1.54, 1.807) is 7.11 Å². The normalized spacial score (nSPS) is 11.2. The maximum absolute atomic E-state index is 11.0. The van der Waals surface area contributed by atoms with Crippen LogP contribution in [0.25, 0.3) is 0 Å². The lowest BCUT2D eigenvalue weighted by molar-refractivity contribution is 0.415. The van der Waals surface area contributed by atoms with Gasteiger partial charge in [-0.05, 0) is 28.1 Å². The van der Waals surface area contributed by atoms with Gasteiger partial charge in [0.05, 0.1) is 18.6 Å². The van der Waals surface area contributed by atoms with Gasteiger partial charge in [-0.15, -0.1) is 0 Å². The first-order chi connectivity index (χ1) is 7.42. The van der Waals surface area contributed by atoms with E-state index in [4.69, 9.17) is 4.74 Å². The van der Waals surface area contributed by atoms with Gasteiger partial charge in [-0.2, -0.15) is 0 Å². The van der Waals surface area contributed by atoms with Crippen molar-refractivity contribution in [1.29, 1.82) is 0 Å². The molecule has 0 aliphatic carbocycles. The smallest absolute Gasteiger partial charge is 0.149 e. The van der Waals surface area contributed by atoms with Gasteiger partial charge in [0, 0.05) is 23.3 Å². The van der Waals surface area contributed by atoms with Crippen LogP contribution >= 0.6 is 15.9 Å². The van der Waals surface area contributed by atoms with Crippen LogP contribution in [0.2, 0.25) is 0 Å². The molecule has 6 heteroatoms. The highest BCUT2D eigenvalue weighted by molar-refractivity contribution is 9.10. The average Bonchev–Trinajstić information content (AvgIpc) is 2.19. The van der Waals surface area contributed by atoms with E-state index in [9.17, 15) is 8.42 Å². The van der Waals surface area contributed by atoms with E-state index in [0.717, 1.165) is 15.9 Å². The minimum absolute atomic E-state index is 0.108. The third-order valence-corrected chi connectivity index (χ3v) is 3.60. The first-order valence-corrected chi connectivity index (χ1v) is 7.53. The Kier molecular flexibility index (Phi) is 4.61. The van der Waals surface area contributed by atoms with E-state index in [1.165, 1.54) is 6.26 Å². The Morgan fingerprint density at radius 2 is 2.12 bits per heavy atom. The van der Waals surface area contributed by atoms with E-state index in [2.05, 4.69) is 21.2 Å². The number of ether oxygens (including phenoxy) is 1. The van der Waals surface area contributed by atoms with E-state index in [0.29, 0.717) is 6.54 Å². The Hall–Kier alpha value is -0.750. The molecule has 0 fully saturated rings. The van der Waals surface area contributed by atoms with Crippen molar-refractivity contribution in [2.45, 2.75) is 0 Å². The molecule has 0 aromatic heterocycles. The fraction of sp³-hybridized carbons (Fsp3) is 0.400. The van der Waals surface area contributed by atoms with Gasteiger partial charge >= 0.3 is 0 Å². The Morgan fingerprint density at radius 3 is 2.69 bits per heavy atom. The van der Waals surface area contributed by atoms with E-state index in [-0.39, 0.29) is 5.75 Å². The van der Waals surface area contributed by atoms with Crippen LogP contribution in [-0.4, -0.2) is 34.1 Å². The first kappa shape index (κ1) is 13.3. The molecule has 0 saturated carbocycles. The SMILES string of the molecule is COc1ccc(Br)c(NCCS(C)(=O)=O)c1. The summed E-state index contributed by atoms with van der Waals surface area (Å²) in [5, 5.41) is 3.04. The van der Waals surface area contributed by atoms with Gasteiger partial charge in [-0.1, -0.05) is 0 Å². The molecule has 90 valence electrons. The molecule has 0 heterocycles. The molecule has 1 N–H and O–H groups in total. The van der Waals surface area contributed by atoms with Crippen LogP contribution in [0.1, 0.15) is 0 Å². The van der Waals surface area contributed by atoms with Crippen LogP contribution in [0.15, 0.2) is 22.7 Å². The van der Waals surface area contributed by atoms with Crippen molar-refractivity contribution in [3.63, 3.8) is 0 Å². The predicted molar refractivity (Wildman–Crippen MR) is 68.9 cm³/mol. The second kappa shape index (κ2) is 5.54. The second-order valence-electron chi connectivity index (χ2n) is 3.40. The van der Waals surface area contributed by atoms with Crippen LogP contribution in [0, 0.1) is 0 Å². The molecular formula is C10H14BrNO3S. The summed E-state index contributed by atoms with van der Waals surface area (Å²) in [6, 6.07) is 5.49. The van der Waals surface area contributed by atoms with Crippen molar-refractivity contribution in [3.05, 3.63) is 22.7 Å². The molecule has 0 atom stereocenters. The molecule has 0 aliphatic rings. The van der Waals surface area contributed by atoms with E-state index < -0.39 is 9.84 Å². The lowest BCUT2D eigenvalue weighted by Gasteiger charge is -2.09. The summed E-state index contributed by atoms with van der Waals surface area (Å²) in [4.78, 5) is 0. The highest BCUT2D eigenvalue weighted by atomic mass is 79.9. The molecule has 0 amide bonds. The van der Waals surface area contributed by atoms with Crippen LogP contribution in [0.3, 0.4) is 0 Å². The van der Waals surface area contributed by atoms with Gasteiger partial charge in [0.1, 0.15) is 15.6 Å². The van der Waals surface area contributed by atoms with Crippen LogP contribution in [0.4, 0.5) is 5.69 Å². The fourth-order valence-corrected chi connectivity index (χ4v) is 2.00. The van der Waals surface area contributed by atoms with Crippen molar-refractivity contribution >= 4 is 31.5 Å². The number of hydrogen-bond acceptors (Lipinski definition) is 4. The Bertz CT molecular complexity index is 459. The molecule has 1 aromatic carbocycles. The summed E-state index contributed by atoms with van der Waals surface area (Å²) in [7, 11) is -1.35. The summed E-state index contributed by atoms with van der Waals surface area (Å²) in [5.41, 5.74) is 0.822. The fourth-order valence-electron chi connectivity index (χ4n) is 1.14. The van der Waals surface area contributed by atoms with Crippen molar-refractivity contribution in [2.24, 2.45) is 0 Å². The monoisotopic (exact) mass is 307 g/mol. The highest BCUT2D eigenvalue weighted by Crippen LogP contribution is 2.26. The topological polar surface area (TPSA) is 55.4 Å². The predicted octanol–water partition coefficient (Wildman–Crippen LogP) is 1.91. The van der Waals surface area contributed by atoms with Gasteiger partial charge in [-0.3, -0.25) is 0 Å². The molecule has 0 aliphatic heterocycles. The van der Waals surface area contributed by atoms with Crippen molar-refractivity contribution in [2.75, 3.05) is 31.0 Å². The van der Waals surface area contributed by atoms with Crippen LogP contribution in [0.5, 0.6) is 5.75 Å². The number of benzene rings is 1. The van der Waals surface area contributed by atoms with Crippen molar-refractivity contribution in [3.8, 4) is 5.75 Å². The number of halogens is 1. The molecule has 0 radical (unpaired) electrons. The number of hydrogen-bond donors (Lipinski definition) is 1. The van der Waals surface area contributed by atoms with Gasteiger partial charge in [0.15, 0.2) is 0 Å². The third-order valence-electron chi connectivity index (χ3n) is 1.96. The molecule has 0 saturated heterocycles. The summed E-state index contributed by atoms with van der Waals surface area (Å²) >= 11 is 3.37. The van der Waals surface area contributed by atoms with E-state index >= 15 is 0 Å². The zero-order valence-corrected chi connectivity index (χ0v) is 11.6. The molecule has 0 bridgehead atoms. The summed E-state index contributed by atoms with van der Waals surface area (Å²) < 4.78 is 27.9. The molecule has 1 rings (SSSR count). The van der Waals surface area contributed by atoms with Crippen molar-refractivity contribution in [1.82, 2.24) is 0 Å². The zero-order chi connectivity index (χ0) is 12.2. The van der Waals surface area contributed by atoms with Gasteiger partial charge in [-0.25, -0.2) is 8.42 Å². The maximum Gasteiger partial charge on any atom is 0.149 e. The largest absolute Gasteiger partial charge is 0.497 e. The Labute approximate surface area is 104 Å². The lowest BCUT2D eigenvalue weighted by Crippen LogP contribution is -2.14. The number of rotatable bonds is 5. The number of methoxy groups -OCH3 is 1. The standard InChI is InChI=1S/C10H14BrNO3S/c1-15-8-3-4-9(11)10(7-8)12-5-6-16(2,13)14/h3-4,7,12H,5-6H2,1-2H3. The molecule has 0 unspecified atom stereocenters. The van der Waals surface area contributed by atoms with Crippen LogP contribution in [-0.2, 0) is 9.84 Å². The number of anilines is 1. The quantitative estimate of drug-likeness (QED) is 0.903. The van der Waals surface area contributed by atoms with Gasteiger partial charge in [0.25, 0.3) is 0 Å². The summed E-state index contributed by atoms with van der Waals surface area (Å²) in [6.45, 7) is 0.380. The summed E-state index contributed by atoms with van der Waals surface area (Å²) in [5.74, 6) is 0.835. The maximum atomic E-state index is 11.0. The lowest BCUT2D eigenvalue weighted by atomic mass is 10.3. The zero-order valence-electron chi connectivity index (χ0n) is 9.16. The second-order valence-corrected chi connectivity index (χ2v) is 6.52. The van der Waals surface area contributed by atoms with Crippen molar-refractivity contribution < 1.29 is 13.2 Å². The number of nitrogens with one attached hydrogen (secondary N) is 1. The minimum atomic E-state index is -2.93. The van der Waals surface area contributed by atoms with Gasteiger partial charge < -0.3 is 10.1 Å². The third kappa shape index (κ3) is 4.40. The molecule has 16 heavy (non-hydrogen) atoms. The molecule has 4 nitrogen and oxygen atoms in total.